The third-order valence-corrected chi connectivity index (χ3v) is 2.54. The normalized spacial score (nSPS) is 25.2. The minimum Gasteiger partial charge on any atom is -0.317 e. The van der Waals surface area contributed by atoms with E-state index in [2.05, 4.69) is 21.6 Å². The van der Waals surface area contributed by atoms with E-state index >= 15 is 0 Å². The minimum atomic E-state index is 0.697. The molecule has 1 atom stereocenters. The van der Waals surface area contributed by atoms with Crippen LogP contribution >= 0.6 is 0 Å². The summed E-state index contributed by atoms with van der Waals surface area (Å²) in [5.41, 5.74) is 1.30. The van der Waals surface area contributed by atoms with Crippen molar-refractivity contribution in [3.05, 3.63) is 18.0 Å². The molecule has 0 aromatic carbocycles. The van der Waals surface area contributed by atoms with Gasteiger partial charge in [-0.25, -0.2) is 0 Å². The first kappa shape index (κ1) is 7.80. The summed E-state index contributed by atoms with van der Waals surface area (Å²) in [5.74, 6) is 0.697. The molecule has 3 heteroatoms. The van der Waals surface area contributed by atoms with Crippen LogP contribution in [0.3, 0.4) is 0 Å². The maximum Gasteiger partial charge on any atom is 0.0490 e. The molecule has 1 aromatic rings. The molecule has 0 aliphatic carbocycles. The van der Waals surface area contributed by atoms with Crippen molar-refractivity contribution in [2.75, 3.05) is 13.1 Å². The fourth-order valence-electron chi connectivity index (χ4n) is 1.82. The van der Waals surface area contributed by atoms with Crippen LogP contribution in [0.5, 0.6) is 0 Å². The molecule has 2 heterocycles. The Balaban J connectivity index is 2.02. The first-order valence-electron chi connectivity index (χ1n) is 4.67. The Morgan fingerprint density at radius 1 is 1.33 bits per heavy atom. The molecule has 2 N–H and O–H groups in total. The number of nitrogens with zero attached hydrogens (tertiary/aromatic N) is 1. The summed E-state index contributed by atoms with van der Waals surface area (Å²) in [5, 5.41) is 10.4. The van der Waals surface area contributed by atoms with E-state index < -0.39 is 0 Å². The number of rotatable bonds is 1. The number of aromatic nitrogens is 2. The van der Waals surface area contributed by atoms with Gasteiger partial charge in [-0.3, -0.25) is 5.10 Å². The van der Waals surface area contributed by atoms with Crippen molar-refractivity contribution in [3.63, 3.8) is 0 Å². The van der Waals surface area contributed by atoms with Gasteiger partial charge in [0.1, 0.15) is 0 Å². The average Bonchev–Trinajstić information content (AvgIpc) is 2.48. The van der Waals surface area contributed by atoms with Crippen molar-refractivity contribution in [3.8, 4) is 0 Å². The van der Waals surface area contributed by atoms with Crippen LogP contribution in [0, 0.1) is 0 Å². The number of hydrogen-bond donors (Lipinski definition) is 2. The molecule has 2 rings (SSSR count). The van der Waals surface area contributed by atoms with Gasteiger partial charge in [-0.15, -0.1) is 0 Å². The summed E-state index contributed by atoms with van der Waals surface area (Å²) in [6, 6.07) is 2.09. The Morgan fingerprint density at radius 3 is 3.17 bits per heavy atom. The SMILES string of the molecule is c1cc(C2CCCNCC2)[nH]n1. The second-order valence-electron chi connectivity index (χ2n) is 3.39. The average molecular weight is 165 g/mol. The molecule has 1 aliphatic rings. The fourth-order valence-corrected chi connectivity index (χ4v) is 1.82. The van der Waals surface area contributed by atoms with Gasteiger partial charge in [0, 0.05) is 17.8 Å². The first-order chi connectivity index (χ1) is 5.97. The Kier molecular flexibility index (Phi) is 2.42. The van der Waals surface area contributed by atoms with E-state index in [-0.39, 0.29) is 0 Å². The maximum atomic E-state index is 3.98. The Bertz CT molecular complexity index is 210. The summed E-state index contributed by atoms with van der Waals surface area (Å²) < 4.78 is 0. The number of aromatic amines is 1. The monoisotopic (exact) mass is 165 g/mol. The number of H-pyrrole nitrogens is 1. The van der Waals surface area contributed by atoms with Crippen LogP contribution in [0.1, 0.15) is 30.9 Å². The molecule has 1 aliphatic heterocycles. The lowest BCUT2D eigenvalue weighted by molar-refractivity contribution is 0.592. The van der Waals surface area contributed by atoms with Gasteiger partial charge < -0.3 is 5.32 Å². The van der Waals surface area contributed by atoms with E-state index in [1.807, 2.05) is 6.20 Å². The highest BCUT2D eigenvalue weighted by atomic mass is 15.1. The third-order valence-electron chi connectivity index (χ3n) is 2.54. The highest BCUT2D eigenvalue weighted by Crippen LogP contribution is 2.23. The highest BCUT2D eigenvalue weighted by molar-refractivity contribution is 5.05. The molecule has 0 spiro atoms. The van der Waals surface area contributed by atoms with E-state index in [4.69, 9.17) is 0 Å². The molecule has 1 fully saturated rings. The molecule has 66 valence electrons. The van der Waals surface area contributed by atoms with Gasteiger partial charge in [0.2, 0.25) is 0 Å². The summed E-state index contributed by atoms with van der Waals surface area (Å²) in [6.45, 7) is 2.31. The van der Waals surface area contributed by atoms with E-state index in [9.17, 15) is 0 Å². The summed E-state index contributed by atoms with van der Waals surface area (Å²) in [4.78, 5) is 0. The molecule has 12 heavy (non-hydrogen) atoms. The fraction of sp³-hybridized carbons (Fsp3) is 0.667. The van der Waals surface area contributed by atoms with Crippen molar-refractivity contribution < 1.29 is 0 Å². The molecule has 0 radical (unpaired) electrons. The van der Waals surface area contributed by atoms with Gasteiger partial charge in [-0.05, 0) is 38.4 Å². The van der Waals surface area contributed by atoms with E-state index in [0.29, 0.717) is 5.92 Å². The van der Waals surface area contributed by atoms with Crippen LogP contribution in [-0.2, 0) is 0 Å². The van der Waals surface area contributed by atoms with E-state index in [1.165, 1.54) is 31.5 Å². The molecular formula is C9H15N3. The quantitative estimate of drug-likeness (QED) is 0.658. The first-order valence-corrected chi connectivity index (χ1v) is 4.67. The predicted octanol–water partition coefficient (Wildman–Crippen LogP) is 1.27. The second kappa shape index (κ2) is 3.72. The van der Waals surface area contributed by atoms with Crippen molar-refractivity contribution >= 4 is 0 Å². The van der Waals surface area contributed by atoms with Crippen molar-refractivity contribution in [2.24, 2.45) is 0 Å². The van der Waals surface area contributed by atoms with Crippen LogP contribution in [0.15, 0.2) is 12.3 Å². The molecule has 0 bridgehead atoms. The van der Waals surface area contributed by atoms with Crippen molar-refractivity contribution in [1.82, 2.24) is 15.5 Å². The second-order valence-corrected chi connectivity index (χ2v) is 3.39. The van der Waals surface area contributed by atoms with Gasteiger partial charge >= 0.3 is 0 Å². The molecule has 0 saturated carbocycles. The van der Waals surface area contributed by atoms with Crippen LogP contribution < -0.4 is 5.32 Å². The van der Waals surface area contributed by atoms with E-state index in [1.54, 1.807) is 0 Å². The van der Waals surface area contributed by atoms with Gasteiger partial charge in [0.25, 0.3) is 0 Å². The molecule has 1 unspecified atom stereocenters. The number of hydrogen-bond acceptors (Lipinski definition) is 2. The maximum absolute atomic E-state index is 3.98. The zero-order valence-electron chi connectivity index (χ0n) is 7.21. The van der Waals surface area contributed by atoms with Gasteiger partial charge in [-0.1, -0.05) is 0 Å². The smallest absolute Gasteiger partial charge is 0.0490 e. The van der Waals surface area contributed by atoms with Crippen molar-refractivity contribution in [2.45, 2.75) is 25.2 Å². The molecule has 0 amide bonds. The van der Waals surface area contributed by atoms with Crippen LogP contribution in [0.2, 0.25) is 0 Å². The summed E-state index contributed by atoms with van der Waals surface area (Å²) in [6.07, 6.45) is 5.65. The molecule has 1 saturated heterocycles. The zero-order chi connectivity index (χ0) is 8.23. The lowest BCUT2D eigenvalue weighted by Gasteiger charge is -2.09. The molecule has 1 aromatic heterocycles. The topological polar surface area (TPSA) is 40.7 Å². The van der Waals surface area contributed by atoms with Gasteiger partial charge in [-0.2, -0.15) is 5.10 Å². The lowest BCUT2D eigenvalue weighted by Crippen LogP contribution is -2.13. The van der Waals surface area contributed by atoms with Crippen LogP contribution in [0.25, 0.3) is 0 Å². The minimum absolute atomic E-state index is 0.697. The third kappa shape index (κ3) is 1.67. The Hall–Kier alpha value is -0.830. The molecular weight excluding hydrogens is 150 g/mol. The van der Waals surface area contributed by atoms with Crippen LogP contribution in [-0.4, -0.2) is 23.3 Å². The van der Waals surface area contributed by atoms with Gasteiger partial charge in [0.05, 0.1) is 0 Å². The lowest BCUT2D eigenvalue weighted by atomic mass is 9.97. The summed E-state index contributed by atoms with van der Waals surface area (Å²) in [7, 11) is 0. The number of nitrogens with one attached hydrogen (secondary N) is 2. The summed E-state index contributed by atoms with van der Waals surface area (Å²) >= 11 is 0. The highest BCUT2D eigenvalue weighted by Gasteiger charge is 2.14. The van der Waals surface area contributed by atoms with Gasteiger partial charge in [0.15, 0.2) is 0 Å². The van der Waals surface area contributed by atoms with Crippen molar-refractivity contribution in [1.29, 1.82) is 0 Å². The largest absolute Gasteiger partial charge is 0.317 e. The van der Waals surface area contributed by atoms with Crippen LogP contribution in [0.4, 0.5) is 0 Å². The predicted molar refractivity (Wildman–Crippen MR) is 48.0 cm³/mol. The standard InChI is InChI=1S/C9H15N3/c1-2-8(3-6-10-5-1)9-4-7-11-12-9/h4,7-8,10H,1-3,5-6H2,(H,11,12). The Morgan fingerprint density at radius 2 is 2.33 bits per heavy atom. The zero-order valence-corrected chi connectivity index (χ0v) is 7.21. The van der Waals surface area contributed by atoms with E-state index in [0.717, 1.165) is 6.54 Å². The molecule has 3 nitrogen and oxygen atoms in total. The Labute approximate surface area is 72.6 Å².